The highest BCUT2D eigenvalue weighted by Crippen LogP contribution is 2.43. The highest BCUT2D eigenvalue weighted by molar-refractivity contribution is 5.87. The molecule has 0 aliphatic heterocycles. The average Bonchev–Trinajstić information content (AvgIpc) is 3.64. The van der Waals surface area contributed by atoms with Crippen molar-refractivity contribution in [2.24, 2.45) is 11.8 Å². The normalized spacial score (nSPS) is 16.9. The van der Waals surface area contributed by atoms with Gasteiger partial charge in [-0.2, -0.15) is 0 Å². The van der Waals surface area contributed by atoms with E-state index >= 15 is 0 Å². The number of anilines is 2. The summed E-state index contributed by atoms with van der Waals surface area (Å²) in [7, 11) is 7.27. The molecule has 0 saturated heterocycles. The van der Waals surface area contributed by atoms with Gasteiger partial charge in [0.15, 0.2) is 0 Å². The fourth-order valence-electron chi connectivity index (χ4n) is 5.44. The lowest BCUT2D eigenvalue weighted by Crippen LogP contribution is -2.16. The second-order valence-electron chi connectivity index (χ2n) is 10.7. The van der Waals surface area contributed by atoms with Crippen LogP contribution in [0.15, 0.2) is 72.8 Å². The molecule has 2 aliphatic carbocycles. The molecule has 0 amide bonds. The average molecular weight is 545 g/mol. The number of fused-ring (bicyclic) bond motifs is 2. The van der Waals surface area contributed by atoms with Crippen LogP contribution in [-0.2, 0) is 20.9 Å². The van der Waals surface area contributed by atoms with Gasteiger partial charge in [0.2, 0.25) is 0 Å². The number of nitrogens with zero attached hydrogens (tertiary/aromatic N) is 2. The van der Waals surface area contributed by atoms with Gasteiger partial charge in [-0.15, -0.1) is 0 Å². The Kier molecular flexibility index (Phi) is 11.5. The summed E-state index contributed by atoms with van der Waals surface area (Å²) in [6, 6.07) is 21.5. The zero-order valence-electron chi connectivity index (χ0n) is 24.1. The number of hydrogen-bond acceptors (Lipinski definition) is 5. The molecule has 5 rings (SSSR count). The SMILES string of the molecule is C1CC2CCC1C2.C=O.COC(=O)/C=C/c1cc(F)cc(N(C)Cc2ccc(-c3ccc(N(C)C)cc3)cc2)c1. The maximum absolute atomic E-state index is 14.1. The van der Waals surface area contributed by atoms with Gasteiger partial charge in [-0.3, -0.25) is 0 Å². The zero-order chi connectivity index (χ0) is 29.1. The topological polar surface area (TPSA) is 49.9 Å². The van der Waals surface area contributed by atoms with Crippen LogP contribution in [-0.4, -0.2) is 41.0 Å². The van der Waals surface area contributed by atoms with E-state index in [1.165, 1.54) is 37.2 Å². The molecule has 5 nitrogen and oxygen atoms in total. The highest BCUT2D eigenvalue weighted by Gasteiger charge is 2.30. The Morgan fingerprint density at radius 1 is 0.875 bits per heavy atom. The monoisotopic (exact) mass is 544 g/mol. The minimum atomic E-state index is -0.476. The number of benzene rings is 3. The van der Waals surface area contributed by atoms with Crippen LogP contribution in [0.2, 0.25) is 0 Å². The van der Waals surface area contributed by atoms with Crippen molar-refractivity contribution in [3.63, 3.8) is 0 Å². The van der Waals surface area contributed by atoms with Gasteiger partial charge in [0.05, 0.1) is 7.11 Å². The Hall–Kier alpha value is -3.93. The van der Waals surface area contributed by atoms with E-state index in [9.17, 15) is 9.18 Å². The van der Waals surface area contributed by atoms with Crippen LogP contribution in [0, 0.1) is 17.7 Å². The molecule has 0 aromatic heterocycles. The van der Waals surface area contributed by atoms with Crippen molar-refractivity contribution < 1.29 is 18.7 Å². The summed E-state index contributed by atoms with van der Waals surface area (Å²) in [6.45, 7) is 2.63. The first-order chi connectivity index (χ1) is 19.3. The molecule has 0 radical (unpaired) electrons. The van der Waals surface area contributed by atoms with Crippen LogP contribution in [0.1, 0.15) is 43.2 Å². The van der Waals surface area contributed by atoms with Crippen molar-refractivity contribution in [1.29, 1.82) is 0 Å². The van der Waals surface area contributed by atoms with Gasteiger partial charge in [-0.05, 0) is 76.9 Å². The number of hydrogen-bond donors (Lipinski definition) is 0. The molecule has 6 heteroatoms. The van der Waals surface area contributed by atoms with E-state index in [2.05, 4.69) is 58.2 Å². The number of ether oxygens (including phenoxy) is 1. The van der Waals surface area contributed by atoms with E-state index in [4.69, 9.17) is 4.79 Å². The fraction of sp³-hybridized carbons (Fsp3) is 0.353. The van der Waals surface area contributed by atoms with Crippen LogP contribution in [0.25, 0.3) is 17.2 Å². The van der Waals surface area contributed by atoms with Gasteiger partial charge in [-0.1, -0.05) is 62.1 Å². The smallest absolute Gasteiger partial charge is 0.330 e. The Bertz CT molecular complexity index is 1240. The number of carbonyl (C=O) groups is 2. The third kappa shape index (κ3) is 8.80. The number of rotatable bonds is 7. The van der Waals surface area contributed by atoms with Gasteiger partial charge in [0, 0.05) is 45.1 Å². The number of methoxy groups -OCH3 is 1. The summed E-state index contributed by atoms with van der Waals surface area (Å²) >= 11 is 0. The Balaban J connectivity index is 0.000000413. The fourth-order valence-corrected chi connectivity index (χ4v) is 5.44. The molecule has 2 saturated carbocycles. The maximum atomic E-state index is 14.1. The van der Waals surface area contributed by atoms with Crippen molar-refractivity contribution in [1.82, 2.24) is 0 Å². The largest absolute Gasteiger partial charge is 0.466 e. The summed E-state index contributed by atoms with van der Waals surface area (Å²) in [5.74, 6) is 1.51. The molecule has 2 fully saturated rings. The lowest BCUT2D eigenvalue weighted by atomic mass is 10.0. The Labute approximate surface area is 238 Å². The predicted octanol–water partition coefficient (Wildman–Crippen LogP) is 7.39. The second kappa shape index (κ2) is 15.0. The number of carbonyl (C=O) groups excluding carboxylic acids is 2. The number of esters is 1. The summed E-state index contributed by atoms with van der Waals surface area (Å²) < 4.78 is 18.7. The van der Waals surface area contributed by atoms with Crippen LogP contribution >= 0.6 is 0 Å². The Morgan fingerprint density at radius 2 is 1.43 bits per heavy atom. The highest BCUT2D eigenvalue weighted by atomic mass is 19.1. The quantitative estimate of drug-likeness (QED) is 0.229. The standard InChI is InChI=1S/C26H27FN2O2.C7H12.CH2O/c1-28(2)24-12-10-22(11-13-24)21-8-5-19(6-9-21)18-29(3)25-16-20(15-23(27)17-25)7-14-26(30)31-4;1-2-7-4-3-6(1)5-7;1-2/h5-17H,18H2,1-4H3;6-7H,1-5H2;1H2/b14-7+;;. The van der Waals surface area contributed by atoms with Crippen molar-refractivity contribution in [2.75, 3.05) is 38.1 Å². The first kappa shape index (κ1) is 30.6. The van der Waals surface area contributed by atoms with Gasteiger partial charge in [0.25, 0.3) is 0 Å². The third-order valence-electron chi connectivity index (χ3n) is 7.68. The lowest BCUT2D eigenvalue weighted by Gasteiger charge is -2.20. The molecule has 0 heterocycles. The van der Waals surface area contributed by atoms with Gasteiger partial charge >= 0.3 is 5.97 Å². The van der Waals surface area contributed by atoms with E-state index in [0.717, 1.165) is 28.1 Å². The molecule has 0 unspecified atom stereocenters. The Morgan fingerprint density at radius 3 is 1.90 bits per heavy atom. The molecule has 40 heavy (non-hydrogen) atoms. The molecule has 2 aliphatic rings. The molecule has 2 bridgehead atoms. The third-order valence-corrected chi connectivity index (χ3v) is 7.68. The van der Waals surface area contributed by atoms with Crippen LogP contribution in [0.4, 0.5) is 15.8 Å². The molecule has 3 aromatic rings. The van der Waals surface area contributed by atoms with E-state index < -0.39 is 5.97 Å². The van der Waals surface area contributed by atoms with E-state index in [1.54, 1.807) is 38.2 Å². The molecule has 0 N–H and O–H groups in total. The summed E-state index contributed by atoms with van der Waals surface area (Å²) in [5.41, 5.74) is 5.93. The first-order valence-corrected chi connectivity index (χ1v) is 13.7. The zero-order valence-corrected chi connectivity index (χ0v) is 24.1. The van der Waals surface area contributed by atoms with Gasteiger partial charge in [-0.25, -0.2) is 9.18 Å². The van der Waals surface area contributed by atoms with Crippen LogP contribution in [0.3, 0.4) is 0 Å². The predicted molar refractivity (Wildman–Crippen MR) is 163 cm³/mol. The summed E-state index contributed by atoms with van der Waals surface area (Å²) in [5, 5.41) is 0. The molecule has 3 aromatic carbocycles. The molecule has 0 spiro atoms. The van der Waals surface area contributed by atoms with Crippen molar-refractivity contribution in [3.05, 3.63) is 89.8 Å². The second-order valence-corrected chi connectivity index (χ2v) is 10.7. The molecular weight excluding hydrogens is 503 g/mol. The molecule has 212 valence electrons. The van der Waals surface area contributed by atoms with E-state index in [1.807, 2.05) is 38.9 Å². The molecular formula is C34H41FN2O3. The van der Waals surface area contributed by atoms with E-state index in [0.29, 0.717) is 12.1 Å². The van der Waals surface area contributed by atoms with E-state index in [-0.39, 0.29) is 5.82 Å². The minimum Gasteiger partial charge on any atom is -0.466 e. The maximum Gasteiger partial charge on any atom is 0.330 e. The molecule has 0 atom stereocenters. The summed E-state index contributed by atoms with van der Waals surface area (Å²) in [6.07, 6.45) is 10.6. The van der Waals surface area contributed by atoms with Crippen molar-refractivity contribution in [2.45, 2.75) is 38.6 Å². The number of halogens is 1. The van der Waals surface area contributed by atoms with Crippen LogP contribution < -0.4 is 9.80 Å². The van der Waals surface area contributed by atoms with Crippen LogP contribution in [0.5, 0.6) is 0 Å². The van der Waals surface area contributed by atoms with Gasteiger partial charge in [0.1, 0.15) is 12.6 Å². The minimum absolute atomic E-state index is 0.356. The van der Waals surface area contributed by atoms with Crippen molar-refractivity contribution in [3.8, 4) is 11.1 Å². The first-order valence-electron chi connectivity index (χ1n) is 13.7. The summed E-state index contributed by atoms with van der Waals surface area (Å²) in [4.78, 5) is 23.3. The lowest BCUT2D eigenvalue weighted by molar-refractivity contribution is -0.134. The van der Waals surface area contributed by atoms with Gasteiger partial charge < -0.3 is 19.3 Å². The van der Waals surface area contributed by atoms with Crippen molar-refractivity contribution >= 4 is 30.2 Å².